The number of hydrogen-bond acceptors (Lipinski definition) is 2. The van der Waals surface area contributed by atoms with Gasteiger partial charge in [0.2, 0.25) is 0 Å². The van der Waals surface area contributed by atoms with Crippen LogP contribution < -0.4 is 9.78 Å². The molecule has 112 valence electrons. The Bertz CT molecular complexity index is 587. The Labute approximate surface area is 131 Å². The van der Waals surface area contributed by atoms with Gasteiger partial charge in [0, 0.05) is 0 Å². The van der Waals surface area contributed by atoms with Gasteiger partial charge in [-0.25, -0.2) is 0 Å². The van der Waals surface area contributed by atoms with Gasteiger partial charge in [0.05, 0.1) is 0 Å². The zero-order valence-electron chi connectivity index (χ0n) is 12.6. The minimum absolute atomic E-state index is 0.00588. The van der Waals surface area contributed by atoms with Crippen molar-refractivity contribution in [3.05, 3.63) is 30.3 Å². The van der Waals surface area contributed by atoms with E-state index in [2.05, 4.69) is 43.4 Å². The number of fused-ring (bicyclic) bond motifs is 1. The molecule has 0 aromatic heterocycles. The SMILES string of the molecule is CC(C)([Se]c1ccccc1)[C@H]1CC[C@@]2(C)C(=O)NC(=O)N12. The summed E-state index contributed by atoms with van der Waals surface area (Å²) >= 11 is 0.246. The Morgan fingerprint density at radius 1 is 1.29 bits per heavy atom. The van der Waals surface area contributed by atoms with Crippen LogP contribution in [0.3, 0.4) is 0 Å². The normalized spacial score (nSPS) is 28.7. The molecule has 2 atom stereocenters. The summed E-state index contributed by atoms with van der Waals surface area (Å²) in [5.41, 5.74) is -0.647. The van der Waals surface area contributed by atoms with Crippen molar-refractivity contribution in [3.63, 3.8) is 0 Å². The second-order valence-electron chi connectivity index (χ2n) is 6.48. The quantitative estimate of drug-likeness (QED) is 0.666. The van der Waals surface area contributed by atoms with Crippen molar-refractivity contribution < 1.29 is 9.59 Å². The maximum absolute atomic E-state index is 12.2. The number of urea groups is 1. The molecule has 3 rings (SSSR count). The third-order valence-corrected chi connectivity index (χ3v) is 7.34. The van der Waals surface area contributed by atoms with Gasteiger partial charge in [-0.15, -0.1) is 0 Å². The van der Waals surface area contributed by atoms with Crippen LogP contribution in [0.2, 0.25) is 4.31 Å². The van der Waals surface area contributed by atoms with E-state index in [4.69, 9.17) is 0 Å². The van der Waals surface area contributed by atoms with Gasteiger partial charge in [-0.3, -0.25) is 0 Å². The molecule has 2 fully saturated rings. The summed E-state index contributed by atoms with van der Waals surface area (Å²) in [5, 5.41) is 2.48. The van der Waals surface area contributed by atoms with Gasteiger partial charge in [0.25, 0.3) is 0 Å². The molecule has 3 amide bonds. The van der Waals surface area contributed by atoms with Crippen molar-refractivity contribution in [1.29, 1.82) is 0 Å². The van der Waals surface area contributed by atoms with E-state index in [1.54, 1.807) is 4.90 Å². The molecule has 2 heterocycles. The first-order valence-electron chi connectivity index (χ1n) is 7.23. The molecule has 4 nitrogen and oxygen atoms in total. The first-order valence-corrected chi connectivity index (χ1v) is 8.95. The molecule has 0 spiro atoms. The zero-order chi connectivity index (χ0) is 15.3. The molecule has 2 saturated heterocycles. The average molecular weight is 351 g/mol. The van der Waals surface area contributed by atoms with Gasteiger partial charge in [-0.2, -0.15) is 0 Å². The van der Waals surface area contributed by atoms with Gasteiger partial charge < -0.3 is 0 Å². The number of benzene rings is 1. The fourth-order valence-corrected chi connectivity index (χ4v) is 6.05. The van der Waals surface area contributed by atoms with Crippen molar-refractivity contribution in [3.8, 4) is 0 Å². The predicted molar refractivity (Wildman–Crippen MR) is 82.7 cm³/mol. The number of carbonyl (C=O) groups excluding carboxylic acids is 2. The Kier molecular flexibility index (Phi) is 3.38. The van der Waals surface area contributed by atoms with Crippen LogP contribution in [0.1, 0.15) is 33.6 Å². The number of rotatable bonds is 3. The van der Waals surface area contributed by atoms with E-state index >= 15 is 0 Å². The first-order chi connectivity index (χ1) is 9.84. The summed E-state index contributed by atoms with van der Waals surface area (Å²) in [7, 11) is 0. The van der Waals surface area contributed by atoms with E-state index in [0.717, 1.165) is 12.8 Å². The number of nitrogens with zero attached hydrogens (tertiary/aromatic N) is 1. The Hall–Kier alpha value is -1.32. The van der Waals surface area contributed by atoms with Gasteiger partial charge in [0.1, 0.15) is 0 Å². The molecule has 0 bridgehead atoms. The molecule has 1 aromatic carbocycles. The summed E-state index contributed by atoms with van der Waals surface area (Å²) in [6.45, 7) is 6.32. The molecule has 0 unspecified atom stereocenters. The second kappa shape index (κ2) is 4.85. The van der Waals surface area contributed by atoms with Crippen molar-refractivity contribution in [2.75, 3.05) is 0 Å². The van der Waals surface area contributed by atoms with E-state index in [1.807, 2.05) is 13.0 Å². The Balaban J connectivity index is 1.86. The molecule has 0 radical (unpaired) electrons. The van der Waals surface area contributed by atoms with Crippen LogP contribution in [0.25, 0.3) is 0 Å². The van der Waals surface area contributed by atoms with Crippen LogP contribution in [0, 0.1) is 0 Å². The fraction of sp³-hybridized carbons (Fsp3) is 0.500. The van der Waals surface area contributed by atoms with E-state index < -0.39 is 5.54 Å². The molecule has 0 aliphatic carbocycles. The fourth-order valence-electron chi connectivity index (χ4n) is 3.41. The van der Waals surface area contributed by atoms with Gasteiger partial charge in [0.15, 0.2) is 0 Å². The number of nitrogens with one attached hydrogen (secondary N) is 1. The van der Waals surface area contributed by atoms with Crippen LogP contribution in [0.4, 0.5) is 4.79 Å². The first kappa shape index (κ1) is 14.6. The summed E-state index contributed by atoms with van der Waals surface area (Å²) in [6.07, 6.45) is 1.65. The average Bonchev–Trinajstić information content (AvgIpc) is 2.88. The molecule has 2 aliphatic heterocycles. The Morgan fingerprint density at radius 2 is 1.95 bits per heavy atom. The van der Waals surface area contributed by atoms with Crippen LogP contribution in [-0.2, 0) is 4.79 Å². The molecule has 0 saturated carbocycles. The molecular formula is C16H20N2O2Se. The van der Waals surface area contributed by atoms with E-state index in [0.29, 0.717) is 0 Å². The van der Waals surface area contributed by atoms with Crippen molar-refractivity contribution in [2.45, 2.75) is 49.5 Å². The minimum atomic E-state index is -0.647. The number of amides is 3. The zero-order valence-corrected chi connectivity index (χ0v) is 14.3. The van der Waals surface area contributed by atoms with E-state index in [9.17, 15) is 9.59 Å². The summed E-state index contributed by atoms with van der Waals surface area (Å²) in [6, 6.07) is 10.3. The van der Waals surface area contributed by atoms with Crippen LogP contribution in [0.15, 0.2) is 30.3 Å². The van der Waals surface area contributed by atoms with Gasteiger partial charge in [-0.1, -0.05) is 0 Å². The monoisotopic (exact) mass is 352 g/mol. The molecule has 1 N–H and O–H groups in total. The topological polar surface area (TPSA) is 49.4 Å². The molecule has 1 aromatic rings. The van der Waals surface area contributed by atoms with Crippen LogP contribution >= 0.6 is 0 Å². The second-order valence-corrected chi connectivity index (χ2v) is 10.1. The predicted octanol–water partition coefficient (Wildman–Crippen LogP) is 1.69. The van der Waals surface area contributed by atoms with Gasteiger partial charge >= 0.3 is 131 Å². The van der Waals surface area contributed by atoms with Crippen molar-refractivity contribution in [2.24, 2.45) is 0 Å². The molecule has 21 heavy (non-hydrogen) atoms. The van der Waals surface area contributed by atoms with Crippen molar-refractivity contribution >= 4 is 31.4 Å². The Morgan fingerprint density at radius 3 is 2.62 bits per heavy atom. The van der Waals surface area contributed by atoms with Crippen LogP contribution in [0.5, 0.6) is 0 Å². The third-order valence-electron chi connectivity index (χ3n) is 4.60. The number of imide groups is 1. The van der Waals surface area contributed by atoms with E-state index in [-0.39, 0.29) is 37.3 Å². The molecular weight excluding hydrogens is 331 g/mol. The third kappa shape index (κ3) is 2.29. The maximum atomic E-state index is 12.2. The number of carbonyl (C=O) groups is 2. The summed E-state index contributed by atoms with van der Waals surface area (Å²) < 4.78 is 1.32. The van der Waals surface area contributed by atoms with Crippen molar-refractivity contribution in [1.82, 2.24) is 10.2 Å². The molecule has 5 heteroatoms. The molecule has 2 aliphatic rings. The standard InChI is InChI=1S/C16H20N2O2Se/c1-15(2,21-11-7-5-4-6-8-11)12-9-10-16(3)13(19)17-14(20)18(12)16/h4-8,12H,9-10H2,1-3H3,(H,17,19,20)/t12-,16+/m1/s1. The van der Waals surface area contributed by atoms with Crippen LogP contribution in [-0.4, -0.2) is 43.4 Å². The summed E-state index contributed by atoms with van der Waals surface area (Å²) in [4.78, 5) is 26.0. The summed E-state index contributed by atoms with van der Waals surface area (Å²) in [5.74, 6) is -0.141. The van der Waals surface area contributed by atoms with E-state index in [1.165, 1.54) is 4.46 Å². The number of hydrogen-bond donors (Lipinski definition) is 1. The van der Waals surface area contributed by atoms with Gasteiger partial charge in [-0.05, 0) is 0 Å².